The van der Waals surface area contributed by atoms with E-state index in [1.807, 2.05) is 18.2 Å². The molecule has 146 valence electrons. The van der Waals surface area contributed by atoms with Gasteiger partial charge >= 0.3 is 5.97 Å². The molecule has 2 aliphatic rings. The highest BCUT2D eigenvalue weighted by atomic mass is 32.2. The van der Waals surface area contributed by atoms with Crippen molar-refractivity contribution in [1.29, 1.82) is 0 Å². The summed E-state index contributed by atoms with van der Waals surface area (Å²) in [5.41, 5.74) is 0.705. The second-order valence-electron chi connectivity index (χ2n) is 6.54. The molecule has 0 radical (unpaired) electrons. The maximum atomic E-state index is 12.1. The number of nitrogens with one attached hydrogen (secondary N) is 2. The number of hydrogen-bond donors (Lipinski definition) is 2. The van der Waals surface area contributed by atoms with Gasteiger partial charge in [0.2, 0.25) is 5.91 Å². The second-order valence-corrected chi connectivity index (χ2v) is 10.0. The van der Waals surface area contributed by atoms with Crippen LogP contribution in [-0.2, 0) is 29.0 Å². The number of benzene rings is 1. The lowest BCUT2D eigenvalue weighted by atomic mass is 10.2. The summed E-state index contributed by atoms with van der Waals surface area (Å²) >= 11 is 1.27. The fraction of sp³-hybridized carbons (Fsp3) is 0.471. The summed E-state index contributed by atoms with van der Waals surface area (Å²) in [5.74, 6) is -1.55. The third-order valence-corrected chi connectivity index (χ3v) is 7.36. The minimum atomic E-state index is -3.11. The number of para-hydroxylation sites is 1. The van der Waals surface area contributed by atoms with E-state index >= 15 is 0 Å². The van der Waals surface area contributed by atoms with Gasteiger partial charge in [0.1, 0.15) is 0 Å². The fourth-order valence-corrected chi connectivity index (χ4v) is 5.67. The normalized spacial score (nSPS) is 24.4. The first-order chi connectivity index (χ1) is 12.7. The molecule has 1 saturated heterocycles. The number of rotatable bonds is 5. The molecule has 8 nitrogen and oxygen atoms in total. The van der Waals surface area contributed by atoms with Crippen molar-refractivity contribution >= 4 is 45.1 Å². The lowest BCUT2D eigenvalue weighted by Crippen LogP contribution is -2.43. The summed E-state index contributed by atoms with van der Waals surface area (Å²) in [6.07, 6.45) is -0.877. The summed E-state index contributed by atoms with van der Waals surface area (Å²) in [6, 6.07) is 6.83. The minimum absolute atomic E-state index is 0.0433. The van der Waals surface area contributed by atoms with Crippen molar-refractivity contribution in [2.45, 2.75) is 42.1 Å². The average molecular weight is 412 g/mol. The minimum Gasteiger partial charge on any atom is -0.453 e. The summed E-state index contributed by atoms with van der Waals surface area (Å²) in [7, 11) is -3.11. The summed E-state index contributed by atoms with van der Waals surface area (Å²) in [6.45, 7) is 1.42. The van der Waals surface area contributed by atoms with Crippen LogP contribution in [0.15, 0.2) is 29.2 Å². The SMILES string of the molecule is C[C@@H](OC(=O)C[C@H]1Sc2ccccc2NC1=O)C(=O)N[C@@H]1CCS(=O)(=O)C1. The Morgan fingerprint density at radius 3 is 2.81 bits per heavy atom. The smallest absolute Gasteiger partial charge is 0.308 e. The van der Waals surface area contributed by atoms with E-state index in [0.717, 1.165) is 4.90 Å². The van der Waals surface area contributed by atoms with Crippen LogP contribution < -0.4 is 10.6 Å². The topological polar surface area (TPSA) is 119 Å². The first-order valence-corrected chi connectivity index (χ1v) is 11.2. The lowest BCUT2D eigenvalue weighted by Gasteiger charge is -2.24. The number of amides is 2. The number of ether oxygens (including phenoxy) is 1. The van der Waals surface area contributed by atoms with Gasteiger partial charge in [-0.15, -0.1) is 11.8 Å². The molecule has 1 aromatic carbocycles. The van der Waals surface area contributed by atoms with Gasteiger partial charge < -0.3 is 15.4 Å². The van der Waals surface area contributed by atoms with Crippen LogP contribution in [0.4, 0.5) is 5.69 Å². The van der Waals surface area contributed by atoms with E-state index in [2.05, 4.69) is 10.6 Å². The largest absolute Gasteiger partial charge is 0.453 e. The molecular formula is C17H20N2O6S2. The van der Waals surface area contributed by atoms with Gasteiger partial charge in [-0.2, -0.15) is 0 Å². The fourth-order valence-electron chi connectivity index (χ4n) is 2.90. The molecule has 27 heavy (non-hydrogen) atoms. The maximum absolute atomic E-state index is 12.1. The Balaban J connectivity index is 1.50. The molecule has 2 amide bonds. The van der Waals surface area contributed by atoms with Crippen molar-refractivity contribution in [2.75, 3.05) is 16.8 Å². The molecule has 1 fully saturated rings. The van der Waals surface area contributed by atoms with Gasteiger partial charge in [-0.3, -0.25) is 14.4 Å². The van der Waals surface area contributed by atoms with Gasteiger partial charge in [0.25, 0.3) is 5.91 Å². The van der Waals surface area contributed by atoms with Gasteiger partial charge in [-0.1, -0.05) is 12.1 Å². The highest BCUT2D eigenvalue weighted by Crippen LogP contribution is 2.36. The van der Waals surface area contributed by atoms with Crippen LogP contribution in [0.2, 0.25) is 0 Å². The number of carbonyl (C=O) groups is 3. The Kier molecular flexibility index (Phi) is 5.75. The Hall–Kier alpha value is -2.07. The third-order valence-electron chi connectivity index (χ3n) is 4.31. The van der Waals surface area contributed by atoms with Crippen molar-refractivity contribution in [3.8, 4) is 0 Å². The Morgan fingerprint density at radius 2 is 2.11 bits per heavy atom. The lowest BCUT2D eigenvalue weighted by molar-refractivity contribution is -0.155. The van der Waals surface area contributed by atoms with E-state index < -0.39 is 39.1 Å². The molecule has 2 aliphatic heterocycles. The van der Waals surface area contributed by atoms with E-state index in [1.54, 1.807) is 6.07 Å². The second kappa shape index (κ2) is 7.89. The maximum Gasteiger partial charge on any atom is 0.308 e. The summed E-state index contributed by atoms with van der Waals surface area (Å²) < 4.78 is 28.0. The van der Waals surface area contributed by atoms with Crippen molar-refractivity contribution in [3.63, 3.8) is 0 Å². The zero-order chi connectivity index (χ0) is 19.6. The predicted molar refractivity (Wildman–Crippen MR) is 100 cm³/mol. The number of thioether (sulfide) groups is 1. The Bertz CT molecular complexity index is 870. The molecule has 1 aromatic rings. The van der Waals surface area contributed by atoms with Crippen LogP contribution in [-0.4, -0.2) is 55.1 Å². The molecule has 2 heterocycles. The Morgan fingerprint density at radius 1 is 1.37 bits per heavy atom. The number of esters is 1. The average Bonchev–Trinajstić information content (AvgIpc) is 2.94. The highest BCUT2D eigenvalue weighted by Gasteiger charge is 2.32. The summed E-state index contributed by atoms with van der Waals surface area (Å²) in [4.78, 5) is 37.2. The number of carbonyl (C=O) groups excluding carboxylic acids is 3. The Labute approximate surface area is 161 Å². The summed E-state index contributed by atoms with van der Waals surface area (Å²) in [5, 5.41) is 4.69. The van der Waals surface area contributed by atoms with Gasteiger partial charge in [0.15, 0.2) is 15.9 Å². The first-order valence-electron chi connectivity index (χ1n) is 8.50. The standard InChI is InChI=1S/C17H20N2O6S2/c1-10(16(21)18-11-6-7-27(23,24)9-11)25-15(20)8-14-17(22)19-12-4-2-3-5-13(12)26-14/h2-5,10-11,14H,6-9H2,1H3,(H,18,21)(H,19,22)/t10-,11-,14-/m1/s1. The number of hydrogen-bond acceptors (Lipinski definition) is 7. The van der Waals surface area contributed by atoms with E-state index in [-0.39, 0.29) is 23.8 Å². The van der Waals surface area contributed by atoms with Crippen LogP contribution in [0.25, 0.3) is 0 Å². The molecule has 0 spiro atoms. The number of anilines is 1. The monoisotopic (exact) mass is 412 g/mol. The van der Waals surface area contributed by atoms with Gasteiger partial charge in [-0.05, 0) is 25.5 Å². The van der Waals surface area contributed by atoms with Crippen LogP contribution in [0.1, 0.15) is 19.8 Å². The molecule has 0 saturated carbocycles. The highest BCUT2D eigenvalue weighted by molar-refractivity contribution is 8.01. The first kappa shape index (κ1) is 19.7. The van der Waals surface area contributed by atoms with Crippen molar-refractivity contribution in [1.82, 2.24) is 5.32 Å². The molecule has 0 aliphatic carbocycles. The van der Waals surface area contributed by atoms with Crippen molar-refractivity contribution in [3.05, 3.63) is 24.3 Å². The molecule has 10 heteroatoms. The third kappa shape index (κ3) is 5.01. The predicted octanol–water partition coefficient (Wildman–Crippen LogP) is 0.725. The molecule has 0 aromatic heterocycles. The van der Waals surface area contributed by atoms with E-state index in [1.165, 1.54) is 18.7 Å². The van der Waals surface area contributed by atoms with E-state index in [9.17, 15) is 22.8 Å². The van der Waals surface area contributed by atoms with Crippen LogP contribution in [0, 0.1) is 0 Å². The molecule has 0 unspecified atom stereocenters. The van der Waals surface area contributed by atoms with Crippen LogP contribution in [0.5, 0.6) is 0 Å². The van der Waals surface area contributed by atoms with Crippen molar-refractivity contribution < 1.29 is 27.5 Å². The molecular weight excluding hydrogens is 392 g/mol. The van der Waals surface area contributed by atoms with Crippen molar-refractivity contribution in [2.24, 2.45) is 0 Å². The number of sulfone groups is 1. The number of fused-ring (bicyclic) bond motifs is 1. The molecule has 2 N–H and O–H groups in total. The van der Waals surface area contributed by atoms with Gasteiger partial charge in [0.05, 0.1) is 28.9 Å². The van der Waals surface area contributed by atoms with Crippen LogP contribution >= 0.6 is 11.8 Å². The quantitative estimate of drug-likeness (QED) is 0.684. The zero-order valence-corrected chi connectivity index (χ0v) is 16.3. The van der Waals surface area contributed by atoms with E-state index in [4.69, 9.17) is 4.74 Å². The molecule has 3 atom stereocenters. The molecule has 3 rings (SSSR count). The van der Waals surface area contributed by atoms with E-state index in [0.29, 0.717) is 12.1 Å². The molecule has 0 bridgehead atoms. The van der Waals surface area contributed by atoms with Gasteiger partial charge in [-0.25, -0.2) is 8.42 Å². The van der Waals surface area contributed by atoms with Gasteiger partial charge in [0, 0.05) is 10.9 Å². The zero-order valence-electron chi connectivity index (χ0n) is 14.6. The van der Waals surface area contributed by atoms with Crippen LogP contribution in [0.3, 0.4) is 0 Å².